The first-order chi connectivity index (χ1) is 14.4. The highest BCUT2D eigenvalue weighted by atomic mass is 16.5. The molecule has 1 N–H and O–H groups in total. The predicted octanol–water partition coefficient (Wildman–Crippen LogP) is 3.22. The Kier molecular flexibility index (Phi) is 6.96. The molecular weight excluding hydrogens is 376 g/mol. The van der Waals surface area contributed by atoms with Crippen LogP contribution in [0.4, 0.5) is 5.69 Å². The Morgan fingerprint density at radius 3 is 2.57 bits per heavy atom. The Labute approximate surface area is 179 Å². The number of amides is 1. The monoisotopic (exact) mass is 406 g/mol. The summed E-state index contributed by atoms with van der Waals surface area (Å²) in [6.45, 7) is 13.9. The highest BCUT2D eigenvalue weighted by Gasteiger charge is 2.31. The number of nitrogens with one attached hydrogen (secondary N) is 1. The van der Waals surface area contributed by atoms with Crippen molar-refractivity contribution in [2.75, 3.05) is 44.7 Å². The molecule has 6 heteroatoms. The van der Waals surface area contributed by atoms with Gasteiger partial charge >= 0.3 is 0 Å². The molecule has 158 valence electrons. The molecule has 2 aliphatic heterocycles. The van der Waals surface area contributed by atoms with E-state index in [4.69, 9.17) is 16.2 Å². The highest BCUT2D eigenvalue weighted by molar-refractivity contribution is 6.01. The third-order valence-corrected chi connectivity index (χ3v) is 5.41. The van der Waals surface area contributed by atoms with Crippen molar-refractivity contribution in [1.29, 1.82) is 0 Å². The molecule has 0 saturated carbocycles. The third-order valence-electron chi connectivity index (χ3n) is 5.41. The fourth-order valence-electron chi connectivity index (χ4n) is 3.51. The molecule has 2 saturated heterocycles. The molecule has 30 heavy (non-hydrogen) atoms. The van der Waals surface area contributed by atoms with Gasteiger partial charge in [0.2, 0.25) is 0 Å². The van der Waals surface area contributed by atoms with Crippen molar-refractivity contribution in [3.8, 4) is 12.3 Å². The van der Waals surface area contributed by atoms with Crippen LogP contribution in [0.2, 0.25) is 0 Å². The number of hydrogen-bond acceptors (Lipinski definition) is 4. The third kappa shape index (κ3) is 4.92. The van der Waals surface area contributed by atoms with Crippen LogP contribution in [-0.4, -0.2) is 60.9 Å². The molecule has 0 spiro atoms. The zero-order valence-corrected chi connectivity index (χ0v) is 18.1. The Bertz CT molecular complexity index is 900. The Balaban J connectivity index is 1.95. The second kappa shape index (κ2) is 9.64. The minimum atomic E-state index is -0.142. The maximum Gasteiger partial charge on any atom is 0.254 e. The number of likely N-dealkylation sites (tertiary alicyclic amines) is 1. The largest absolute Gasteiger partial charge is 0.378 e. The van der Waals surface area contributed by atoms with Crippen molar-refractivity contribution in [3.05, 3.63) is 53.4 Å². The van der Waals surface area contributed by atoms with Crippen LogP contribution in [0.3, 0.4) is 0 Å². The van der Waals surface area contributed by atoms with E-state index in [1.54, 1.807) is 4.90 Å². The molecular formula is C24H30N4O2. The molecule has 1 amide bonds. The number of morpholine rings is 1. The predicted molar refractivity (Wildman–Crippen MR) is 121 cm³/mol. The average molecular weight is 407 g/mol. The Hall–Kier alpha value is -3.04. The number of aliphatic imine (C=N–C) groups is 1. The molecule has 0 aliphatic carbocycles. The molecule has 0 aromatic heterocycles. The summed E-state index contributed by atoms with van der Waals surface area (Å²) in [6, 6.07) is 8.28. The van der Waals surface area contributed by atoms with Gasteiger partial charge in [0, 0.05) is 29.9 Å². The van der Waals surface area contributed by atoms with Crippen LogP contribution >= 0.6 is 0 Å². The second-order valence-electron chi connectivity index (χ2n) is 7.83. The molecule has 3 rings (SSSR count). The standard InChI is InChI=1S/C24H30N4O2/c1-6-11-28-16-22(18(4)24(28)29)23(25-19(5)27-12-14-30-15-13-27)26-21-9-7-20(8-10-21)17(2)3/h1,7-10,17,26H,4,11-16H2,2-3,5H3/b23-22+,25-19?. The lowest BCUT2D eigenvalue weighted by Gasteiger charge is -2.28. The lowest BCUT2D eigenvalue weighted by molar-refractivity contribution is -0.124. The Morgan fingerprint density at radius 1 is 1.30 bits per heavy atom. The molecule has 2 aliphatic rings. The Morgan fingerprint density at radius 2 is 1.97 bits per heavy atom. The lowest BCUT2D eigenvalue weighted by Crippen LogP contribution is -2.39. The topological polar surface area (TPSA) is 57.2 Å². The van der Waals surface area contributed by atoms with Gasteiger partial charge in [-0.15, -0.1) is 6.42 Å². The zero-order valence-electron chi connectivity index (χ0n) is 18.1. The van der Waals surface area contributed by atoms with E-state index in [0.29, 0.717) is 37.1 Å². The van der Waals surface area contributed by atoms with E-state index in [0.717, 1.165) is 30.2 Å². The molecule has 1 aromatic rings. The van der Waals surface area contributed by atoms with E-state index in [-0.39, 0.29) is 12.5 Å². The van der Waals surface area contributed by atoms with Gasteiger partial charge in [0.15, 0.2) is 0 Å². The second-order valence-corrected chi connectivity index (χ2v) is 7.83. The first-order valence-corrected chi connectivity index (χ1v) is 10.3. The van der Waals surface area contributed by atoms with Gasteiger partial charge in [-0.05, 0) is 30.5 Å². The van der Waals surface area contributed by atoms with E-state index < -0.39 is 0 Å². The first kappa shape index (κ1) is 21.7. The molecule has 0 unspecified atom stereocenters. The van der Waals surface area contributed by atoms with Gasteiger partial charge in [0.1, 0.15) is 11.7 Å². The van der Waals surface area contributed by atoms with E-state index in [1.807, 2.05) is 19.1 Å². The van der Waals surface area contributed by atoms with Crippen LogP contribution in [0.25, 0.3) is 0 Å². The van der Waals surface area contributed by atoms with Crippen molar-refractivity contribution in [2.45, 2.75) is 26.7 Å². The number of amidine groups is 1. The summed E-state index contributed by atoms with van der Waals surface area (Å²) in [6.07, 6.45) is 5.43. The summed E-state index contributed by atoms with van der Waals surface area (Å²) >= 11 is 0. The SMILES string of the molecule is C#CCN1C/C(=C(/N=C(C)N2CCOCC2)Nc2ccc(C(C)C)cc2)C(=C)C1=O. The van der Waals surface area contributed by atoms with Crippen LogP contribution in [0, 0.1) is 12.3 Å². The van der Waals surface area contributed by atoms with Gasteiger partial charge < -0.3 is 19.9 Å². The number of rotatable bonds is 5. The van der Waals surface area contributed by atoms with Gasteiger partial charge in [-0.2, -0.15) is 0 Å². The molecule has 2 heterocycles. The summed E-state index contributed by atoms with van der Waals surface area (Å²) in [5.41, 5.74) is 3.39. The lowest BCUT2D eigenvalue weighted by atomic mass is 10.0. The smallest absolute Gasteiger partial charge is 0.254 e. The van der Waals surface area contributed by atoms with Gasteiger partial charge in [-0.3, -0.25) is 4.79 Å². The number of benzene rings is 1. The van der Waals surface area contributed by atoms with Crippen LogP contribution < -0.4 is 5.32 Å². The van der Waals surface area contributed by atoms with Crippen molar-refractivity contribution in [3.63, 3.8) is 0 Å². The summed E-state index contributed by atoms with van der Waals surface area (Å²) in [4.78, 5) is 21.2. The van der Waals surface area contributed by atoms with Crippen LogP contribution in [0.1, 0.15) is 32.3 Å². The maximum atomic E-state index is 12.6. The fraction of sp³-hybridized carbons (Fsp3) is 0.417. The first-order valence-electron chi connectivity index (χ1n) is 10.3. The molecule has 0 atom stereocenters. The van der Waals surface area contributed by atoms with E-state index in [9.17, 15) is 4.79 Å². The number of hydrogen-bond donors (Lipinski definition) is 1. The number of nitrogens with zero attached hydrogens (tertiary/aromatic N) is 3. The zero-order chi connectivity index (χ0) is 21.7. The summed E-state index contributed by atoms with van der Waals surface area (Å²) in [7, 11) is 0. The van der Waals surface area contributed by atoms with Gasteiger partial charge in [-0.25, -0.2) is 4.99 Å². The summed E-state index contributed by atoms with van der Waals surface area (Å²) < 4.78 is 5.44. The van der Waals surface area contributed by atoms with E-state index in [1.165, 1.54) is 5.56 Å². The number of carbonyl (C=O) groups excluding carboxylic acids is 1. The fourth-order valence-corrected chi connectivity index (χ4v) is 3.51. The van der Waals surface area contributed by atoms with Crippen molar-refractivity contribution in [1.82, 2.24) is 9.80 Å². The van der Waals surface area contributed by atoms with E-state index in [2.05, 4.69) is 48.7 Å². The normalized spacial score (nSPS) is 19.4. The molecule has 0 bridgehead atoms. The number of carbonyl (C=O) groups is 1. The average Bonchev–Trinajstić information content (AvgIpc) is 3.03. The van der Waals surface area contributed by atoms with Gasteiger partial charge in [0.05, 0.1) is 26.3 Å². The quantitative estimate of drug-likeness (QED) is 0.353. The molecule has 6 nitrogen and oxygen atoms in total. The van der Waals surface area contributed by atoms with Gasteiger partial charge in [0.25, 0.3) is 5.91 Å². The van der Waals surface area contributed by atoms with Crippen molar-refractivity contribution < 1.29 is 9.53 Å². The molecule has 2 fully saturated rings. The maximum absolute atomic E-state index is 12.6. The summed E-state index contributed by atoms with van der Waals surface area (Å²) in [5.74, 6) is 4.37. The number of anilines is 1. The van der Waals surface area contributed by atoms with Crippen molar-refractivity contribution >= 4 is 17.4 Å². The minimum Gasteiger partial charge on any atom is -0.378 e. The van der Waals surface area contributed by atoms with Gasteiger partial charge in [-0.1, -0.05) is 38.5 Å². The molecule has 0 radical (unpaired) electrons. The summed E-state index contributed by atoms with van der Waals surface area (Å²) in [5, 5.41) is 3.41. The van der Waals surface area contributed by atoms with Crippen molar-refractivity contribution in [2.24, 2.45) is 4.99 Å². The number of terminal acetylenes is 1. The molecule has 1 aromatic carbocycles. The van der Waals surface area contributed by atoms with Crippen LogP contribution in [-0.2, 0) is 9.53 Å². The number of ether oxygens (including phenoxy) is 1. The van der Waals surface area contributed by atoms with E-state index >= 15 is 0 Å². The van der Waals surface area contributed by atoms with Crippen LogP contribution in [0.5, 0.6) is 0 Å². The highest BCUT2D eigenvalue weighted by Crippen LogP contribution is 2.27. The van der Waals surface area contributed by atoms with Crippen LogP contribution in [0.15, 0.2) is 52.8 Å². The minimum absolute atomic E-state index is 0.142.